The van der Waals surface area contributed by atoms with Crippen LogP contribution in [-0.2, 0) is 16.0 Å². The molecular formula is C28H26ClNO3. The molecule has 0 unspecified atom stereocenters. The lowest BCUT2D eigenvalue weighted by Gasteiger charge is -2.18. The molecule has 0 aliphatic carbocycles. The summed E-state index contributed by atoms with van der Waals surface area (Å²) >= 11 is 6.07. The van der Waals surface area contributed by atoms with Gasteiger partial charge in [-0.1, -0.05) is 41.9 Å². The second-order valence-electron chi connectivity index (χ2n) is 7.74. The number of carbonyl (C=O) groups excluding carboxylic acids is 1. The predicted molar refractivity (Wildman–Crippen MR) is 132 cm³/mol. The lowest BCUT2D eigenvalue weighted by molar-refractivity contribution is -0.151. The first kappa shape index (κ1) is 22.7. The van der Waals surface area contributed by atoms with E-state index in [9.17, 15) is 4.79 Å². The molecule has 0 saturated carbocycles. The Morgan fingerprint density at radius 3 is 2.27 bits per heavy atom. The van der Waals surface area contributed by atoms with Gasteiger partial charge in [-0.2, -0.15) is 0 Å². The van der Waals surface area contributed by atoms with Crippen molar-refractivity contribution in [2.24, 2.45) is 0 Å². The SMILES string of the molecule is CCOC(=O)[C@@H](Cc1ccccc1)Oc1ccc(-c2ccc(C)n2-c2ccc(Cl)cc2)cc1. The van der Waals surface area contributed by atoms with Crippen LogP contribution in [0.2, 0.25) is 5.02 Å². The fraction of sp³-hybridized carbons (Fsp3) is 0.179. The molecule has 4 aromatic rings. The number of aromatic nitrogens is 1. The van der Waals surface area contributed by atoms with Crippen LogP contribution in [0, 0.1) is 6.92 Å². The summed E-state index contributed by atoms with van der Waals surface area (Å²) in [6.07, 6.45) is -0.265. The average molecular weight is 460 g/mol. The highest BCUT2D eigenvalue weighted by atomic mass is 35.5. The minimum Gasteiger partial charge on any atom is -0.478 e. The molecule has 0 spiro atoms. The van der Waals surface area contributed by atoms with Gasteiger partial charge in [-0.25, -0.2) is 4.79 Å². The first-order chi connectivity index (χ1) is 16.0. The summed E-state index contributed by atoms with van der Waals surface area (Å²) < 4.78 is 13.5. The summed E-state index contributed by atoms with van der Waals surface area (Å²) in [7, 11) is 0. The average Bonchev–Trinajstić information content (AvgIpc) is 3.22. The van der Waals surface area contributed by atoms with Crippen molar-refractivity contribution in [2.75, 3.05) is 6.61 Å². The lowest BCUT2D eigenvalue weighted by Crippen LogP contribution is -2.31. The van der Waals surface area contributed by atoms with Gasteiger partial charge in [0.15, 0.2) is 6.10 Å². The summed E-state index contributed by atoms with van der Waals surface area (Å²) in [6, 6.07) is 29.6. The summed E-state index contributed by atoms with van der Waals surface area (Å²) in [5.41, 5.74) is 5.29. The van der Waals surface area contributed by atoms with Gasteiger partial charge in [-0.15, -0.1) is 0 Å². The number of hydrogen-bond acceptors (Lipinski definition) is 3. The van der Waals surface area contributed by atoms with Crippen molar-refractivity contribution < 1.29 is 14.3 Å². The lowest BCUT2D eigenvalue weighted by atomic mass is 10.1. The van der Waals surface area contributed by atoms with Gasteiger partial charge in [0.25, 0.3) is 0 Å². The zero-order chi connectivity index (χ0) is 23.2. The Labute approximate surface area is 199 Å². The molecular weight excluding hydrogens is 434 g/mol. The van der Waals surface area contributed by atoms with Crippen molar-refractivity contribution in [1.82, 2.24) is 4.57 Å². The van der Waals surface area contributed by atoms with Gasteiger partial charge in [0.05, 0.1) is 12.3 Å². The van der Waals surface area contributed by atoms with Gasteiger partial charge in [0.1, 0.15) is 5.75 Å². The molecule has 5 heteroatoms. The van der Waals surface area contributed by atoms with Crippen LogP contribution >= 0.6 is 11.6 Å². The van der Waals surface area contributed by atoms with Crippen LogP contribution in [0.1, 0.15) is 18.2 Å². The molecule has 1 heterocycles. The predicted octanol–water partition coefficient (Wildman–Crippen LogP) is 6.66. The number of benzene rings is 3. The maximum Gasteiger partial charge on any atom is 0.347 e. The highest BCUT2D eigenvalue weighted by Gasteiger charge is 2.22. The molecule has 168 valence electrons. The second-order valence-corrected chi connectivity index (χ2v) is 8.18. The highest BCUT2D eigenvalue weighted by molar-refractivity contribution is 6.30. The molecule has 33 heavy (non-hydrogen) atoms. The molecule has 1 aromatic heterocycles. The quantitative estimate of drug-likeness (QED) is 0.276. The monoisotopic (exact) mass is 459 g/mol. The Morgan fingerprint density at radius 2 is 1.61 bits per heavy atom. The number of carbonyl (C=O) groups is 1. The molecule has 0 radical (unpaired) electrons. The third kappa shape index (κ3) is 5.47. The number of ether oxygens (including phenoxy) is 2. The molecule has 0 aliphatic rings. The van der Waals surface area contributed by atoms with Gasteiger partial charge < -0.3 is 14.0 Å². The van der Waals surface area contributed by atoms with Crippen LogP contribution in [0.5, 0.6) is 5.75 Å². The number of nitrogens with zero attached hydrogens (tertiary/aromatic N) is 1. The third-order valence-electron chi connectivity index (χ3n) is 5.40. The van der Waals surface area contributed by atoms with Crippen molar-refractivity contribution in [1.29, 1.82) is 0 Å². The van der Waals surface area contributed by atoms with Crippen molar-refractivity contribution in [2.45, 2.75) is 26.4 Å². The molecule has 0 amide bonds. The molecule has 0 fully saturated rings. The van der Waals surface area contributed by atoms with E-state index in [0.29, 0.717) is 23.8 Å². The Bertz CT molecular complexity index is 1200. The first-order valence-electron chi connectivity index (χ1n) is 11.0. The van der Waals surface area contributed by atoms with Crippen molar-refractivity contribution in [3.63, 3.8) is 0 Å². The van der Waals surface area contributed by atoms with Crippen molar-refractivity contribution >= 4 is 17.6 Å². The molecule has 0 aliphatic heterocycles. The number of aryl methyl sites for hydroxylation is 1. The number of esters is 1. The van der Waals surface area contributed by atoms with Crippen LogP contribution in [0.4, 0.5) is 0 Å². The minimum absolute atomic E-state index is 0.313. The summed E-state index contributed by atoms with van der Waals surface area (Å²) in [6.45, 7) is 4.18. The van der Waals surface area contributed by atoms with Gasteiger partial charge in [-0.05, 0) is 85.6 Å². The van der Waals surface area contributed by atoms with Gasteiger partial charge >= 0.3 is 5.97 Å². The van der Waals surface area contributed by atoms with E-state index in [0.717, 1.165) is 28.2 Å². The topological polar surface area (TPSA) is 40.5 Å². The van der Waals surface area contributed by atoms with E-state index in [4.69, 9.17) is 21.1 Å². The molecule has 1 atom stereocenters. The summed E-state index contributed by atoms with van der Waals surface area (Å²) in [4.78, 5) is 12.5. The van der Waals surface area contributed by atoms with Crippen LogP contribution in [0.15, 0.2) is 91.0 Å². The van der Waals surface area contributed by atoms with Crippen LogP contribution < -0.4 is 4.74 Å². The first-order valence-corrected chi connectivity index (χ1v) is 11.3. The van der Waals surface area contributed by atoms with E-state index in [-0.39, 0.29) is 5.97 Å². The van der Waals surface area contributed by atoms with Crippen LogP contribution in [0.3, 0.4) is 0 Å². The number of halogens is 1. The molecule has 0 N–H and O–H groups in total. The molecule has 4 nitrogen and oxygen atoms in total. The van der Waals surface area contributed by atoms with Gasteiger partial charge in [0.2, 0.25) is 0 Å². The van der Waals surface area contributed by atoms with E-state index >= 15 is 0 Å². The van der Waals surface area contributed by atoms with Crippen LogP contribution in [0.25, 0.3) is 16.9 Å². The number of rotatable bonds is 8. The zero-order valence-corrected chi connectivity index (χ0v) is 19.5. The van der Waals surface area contributed by atoms with Gasteiger partial charge in [-0.3, -0.25) is 0 Å². The van der Waals surface area contributed by atoms with E-state index in [2.05, 4.69) is 23.6 Å². The molecule has 0 saturated heterocycles. The minimum atomic E-state index is -0.710. The van der Waals surface area contributed by atoms with Crippen molar-refractivity contribution in [3.05, 3.63) is 107 Å². The Morgan fingerprint density at radius 1 is 0.909 bits per heavy atom. The fourth-order valence-electron chi connectivity index (χ4n) is 3.80. The van der Waals surface area contributed by atoms with Crippen molar-refractivity contribution in [3.8, 4) is 22.7 Å². The van der Waals surface area contributed by atoms with E-state index in [1.807, 2.05) is 78.9 Å². The Kier molecular flexibility index (Phi) is 7.16. The summed E-state index contributed by atoms with van der Waals surface area (Å²) in [5.74, 6) is 0.256. The van der Waals surface area contributed by atoms with E-state index in [1.54, 1.807) is 6.92 Å². The van der Waals surface area contributed by atoms with Crippen LogP contribution in [-0.4, -0.2) is 23.2 Å². The Balaban J connectivity index is 1.56. The standard InChI is InChI=1S/C28H26ClNO3/c1-3-32-28(31)27(19-21-7-5-4-6-8-21)33-25-16-10-22(11-17-25)26-18-9-20(2)30(26)24-14-12-23(29)13-15-24/h4-18,27H,3,19H2,1-2H3/t27-/m1/s1. The van der Waals surface area contributed by atoms with Gasteiger partial charge in [0, 0.05) is 22.8 Å². The molecule has 3 aromatic carbocycles. The highest BCUT2D eigenvalue weighted by Crippen LogP contribution is 2.29. The smallest absolute Gasteiger partial charge is 0.347 e. The van der Waals surface area contributed by atoms with E-state index < -0.39 is 6.10 Å². The third-order valence-corrected chi connectivity index (χ3v) is 5.65. The largest absolute Gasteiger partial charge is 0.478 e. The second kappa shape index (κ2) is 10.4. The van der Waals surface area contributed by atoms with E-state index in [1.165, 1.54) is 0 Å². The maximum absolute atomic E-state index is 12.5. The molecule has 4 rings (SSSR count). The zero-order valence-electron chi connectivity index (χ0n) is 18.7. The molecule has 0 bridgehead atoms. The maximum atomic E-state index is 12.5. The summed E-state index contributed by atoms with van der Waals surface area (Å²) in [5, 5.41) is 0.707. The fourth-order valence-corrected chi connectivity index (χ4v) is 3.93. The number of hydrogen-bond donors (Lipinski definition) is 0. The normalized spacial score (nSPS) is 11.7. The Hall–Kier alpha value is -3.50.